The van der Waals surface area contributed by atoms with Gasteiger partial charge in [0.15, 0.2) is 0 Å². The molecule has 0 saturated heterocycles. The Balaban J connectivity index is 1.83. The minimum atomic E-state index is 0.636. The summed E-state index contributed by atoms with van der Waals surface area (Å²) in [6.07, 6.45) is 3.82. The minimum absolute atomic E-state index is 0.636. The lowest BCUT2D eigenvalue weighted by Crippen LogP contribution is -2.19. The molecule has 0 saturated carbocycles. The van der Waals surface area contributed by atoms with Gasteiger partial charge in [-0.3, -0.25) is 4.98 Å². The van der Waals surface area contributed by atoms with Crippen LogP contribution in [0.1, 0.15) is 12.5 Å². The van der Waals surface area contributed by atoms with Gasteiger partial charge in [0.05, 0.1) is 13.2 Å². The lowest BCUT2D eigenvalue weighted by molar-refractivity contribution is 0.158. The number of hydrogen-bond acceptors (Lipinski definition) is 3. The molecule has 1 aromatic carbocycles. The van der Waals surface area contributed by atoms with Crippen LogP contribution in [0.3, 0.4) is 0 Å². The van der Waals surface area contributed by atoms with Crippen LogP contribution in [0.25, 0.3) is 10.8 Å². The second kappa shape index (κ2) is 7.02. The first-order valence-electron chi connectivity index (χ1n) is 6.52. The first-order chi connectivity index (χ1) is 9.27. The molecule has 0 atom stereocenters. The van der Waals surface area contributed by atoms with Gasteiger partial charge in [-0.2, -0.15) is 0 Å². The lowest BCUT2D eigenvalue weighted by atomic mass is 10.1. The number of pyridine rings is 1. The predicted octanol–water partition coefficient (Wildman–Crippen LogP) is 2.92. The number of fused-ring (bicyclic) bond motifs is 1. The summed E-state index contributed by atoms with van der Waals surface area (Å²) in [5.74, 6) is 0. The molecule has 1 heterocycles. The van der Waals surface area contributed by atoms with E-state index in [1.54, 1.807) is 0 Å². The summed E-state index contributed by atoms with van der Waals surface area (Å²) in [6, 6.07) is 8.31. The third-order valence-electron chi connectivity index (χ3n) is 2.84. The number of hydrogen-bond donors (Lipinski definition) is 1. The Morgan fingerprint density at radius 3 is 3.00 bits per heavy atom. The van der Waals surface area contributed by atoms with Gasteiger partial charge in [0.25, 0.3) is 0 Å². The van der Waals surface area contributed by atoms with Gasteiger partial charge in [0, 0.05) is 30.9 Å². The van der Waals surface area contributed by atoms with E-state index < -0.39 is 0 Å². The summed E-state index contributed by atoms with van der Waals surface area (Å²) in [6.45, 7) is 8.74. The molecule has 0 aliphatic heterocycles. The van der Waals surface area contributed by atoms with Crippen molar-refractivity contribution in [3.63, 3.8) is 0 Å². The molecule has 0 bridgehead atoms. The van der Waals surface area contributed by atoms with E-state index in [1.165, 1.54) is 16.3 Å². The molecule has 0 fully saturated rings. The Hall–Kier alpha value is -1.71. The van der Waals surface area contributed by atoms with E-state index in [0.717, 1.165) is 18.7 Å². The van der Waals surface area contributed by atoms with Crippen LogP contribution in [0.5, 0.6) is 0 Å². The molecule has 1 N–H and O–H groups in total. The Labute approximate surface area is 114 Å². The van der Waals surface area contributed by atoms with Crippen molar-refractivity contribution in [3.8, 4) is 0 Å². The Morgan fingerprint density at radius 1 is 1.32 bits per heavy atom. The maximum atomic E-state index is 5.44. The van der Waals surface area contributed by atoms with Crippen LogP contribution in [0, 0.1) is 0 Å². The van der Waals surface area contributed by atoms with Crippen molar-refractivity contribution in [1.82, 2.24) is 10.3 Å². The number of aromatic nitrogens is 1. The molecular weight excluding hydrogens is 236 g/mol. The molecule has 0 unspecified atom stereocenters. The van der Waals surface area contributed by atoms with Crippen molar-refractivity contribution in [2.24, 2.45) is 0 Å². The Kier molecular flexibility index (Phi) is 5.07. The van der Waals surface area contributed by atoms with Gasteiger partial charge < -0.3 is 10.1 Å². The minimum Gasteiger partial charge on any atom is -0.376 e. The highest BCUT2D eigenvalue weighted by Crippen LogP contribution is 2.16. The first-order valence-corrected chi connectivity index (χ1v) is 6.52. The van der Waals surface area contributed by atoms with E-state index in [0.29, 0.717) is 13.2 Å². The molecule has 19 heavy (non-hydrogen) atoms. The van der Waals surface area contributed by atoms with Gasteiger partial charge in [-0.1, -0.05) is 36.4 Å². The first kappa shape index (κ1) is 13.7. The molecule has 3 nitrogen and oxygen atoms in total. The highest BCUT2D eigenvalue weighted by molar-refractivity contribution is 5.84. The van der Waals surface area contributed by atoms with E-state index in [1.807, 2.05) is 25.4 Å². The van der Waals surface area contributed by atoms with E-state index in [9.17, 15) is 0 Å². The van der Waals surface area contributed by atoms with Gasteiger partial charge >= 0.3 is 0 Å². The number of nitrogens with zero attached hydrogens (tertiary/aromatic N) is 1. The van der Waals surface area contributed by atoms with Crippen molar-refractivity contribution >= 4 is 10.8 Å². The van der Waals surface area contributed by atoms with Crippen LogP contribution in [0.2, 0.25) is 0 Å². The maximum Gasteiger partial charge on any atom is 0.0672 e. The zero-order chi connectivity index (χ0) is 13.5. The van der Waals surface area contributed by atoms with Crippen molar-refractivity contribution < 1.29 is 4.74 Å². The van der Waals surface area contributed by atoms with Crippen LogP contribution in [-0.2, 0) is 11.3 Å². The largest absolute Gasteiger partial charge is 0.376 e. The van der Waals surface area contributed by atoms with Crippen molar-refractivity contribution in [1.29, 1.82) is 0 Å². The van der Waals surface area contributed by atoms with Gasteiger partial charge in [0.1, 0.15) is 0 Å². The number of ether oxygens (including phenoxy) is 1. The molecule has 100 valence electrons. The normalized spacial score (nSPS) is 10.8. The average Bonchev–Trinajstić information content (AvgIpc) is 2.42. The molecule has 0 amide bonds. The smallest absolute Gasteiger partial charge is 0.0672 e. The van der Waals surface area contributed by atoms with Crippen LogP contribution < -0.4 is 5.32 Å². The van der Waals surface area contributed by atoms with Crippen LogP contribution in [0.15, 0.2) is 48.8 Å². The molecule has 0 radical (unpaired) electrons. The predicted molar refractivity (Wildman–Crippen MR) is 79.1 cm³/mol. The maximum absolute atomic E-state index is 5.44. The highest BCUT2D eigenvalue weighted by atomic mass is 16.5. The number of nitrogens with one attached hydrogen (secondary N) is 1. The van der Waals surface area contributed by atoms with E-state index in [-0.39, 0.29) is 0 Å². The fourth-order valence-corrected chi connectivity index (χ4v) is 1.93. The molecule has 3 heteroatoms. The molecule has 0 aliphatic rings. The summed E-state index contributed by atoms with van der Waals surface area (Å²) in [5, 5.41) is 5.81. The summed E-state index contributed by atoms with van der Waals surface area (Å²) in [5.41, 5.74) is 2.27. The number of rotatable bonds is 7. The van der Waals surface area contributed by atoms with Gasteiger partial charge in [-0.05, 0) is 17.9 Å². The molecule has 0 aliphatic carbocycles. The fourth-order valence-electron chi connectivity index (χ4n) is 1.93. The summed E-state index contributed by atoms with van der Waals surface area (Å²) < 4.78 is 5.44. The molecule has 0 spiro atoms. The van der Waals surface area contributed by atoms with E-state index in [2.05, 4.69) is 35.1 Å². The van der Waals surface area contributed by atoms with Gasteiger partial charge in [-0.15, -0.1) is 0 Å². The molecule has 1 aromatic heterocycles. The second-order valence-corrected chi connectivity index (χ2v) is 4.71. The standard InChI is InChI=1S/C16H20N2O/c1-13(2)12-19-8-7-17-10-15-11-18-9-14-5-3-4-6-16(14)15/h3-6,9,11,17H,1,7-8,10,12H2,2H3. The van der Waals surface area contributed by atoms with Crippen LogP contribution >= 0.6 is 0 Å². The topological polar surface area (TPSA) is 34.1 Å². The summed E-state index contributed by atoms with van der Waals surface area (Å²) in [7, 11) is 0. The van der Waals surface area contributed by atoms with E-state index in [4.69, 9.17) is 4.74 Å². The SMILES string of the molecule is C=C(C)COCCNCc1cncc2ccccc12. The summed E-state index contributed by atoms with van der Waals surface area (Å²) in [4.78, 5) is 4.27. The van der Waals surface area contributed by atoms with Crippen molar-refractivity contribution in [3.05, 3.63) is 54.4 Å². The fraction of sp³-hybridized carbons (Fsp3) is 0.312. The summed E-state index contributed by atoms with van der Waals surface area (Å²) >= 11 is 0. The average molecular weight is 256 g/mol. The third-order valence-corrected chi connectivity index (χ3v) is 2.84. The second-order valence-electron chi connectivity index (χ2n) is 4.71. The lowest BCUT2D eigenvalue weighted by Gasteiger charge is -2.08. The third kappa shape index (κ3) is 4.16. The van der Waals surface area contributed by atoms with Crippen molar-refractivity contribution in [2.75, 3.05) is 19.8 Å². The molecular formula is C16H20N2O. The number of benzene rings is 1. The van der Waals surface area contributed by atoms with Gasteiger partial charge in [-0.25, -0.2) is 0 Å². The zero-order valence-corrected chi connectivity index (χ0v) is 11.4. The van der Waals surface area contributed by atoms with Gasteiger partial charge in [0.2, 0.25) is 0 Å². The quantitative estimate of drug-likeness (QED) is 0.611. The Bertz CT molecular complexity index is 546. The van der Waals surface area contributed by atoms with Crippen LogP contribution in [0.4, 0.5) is 0 Å². The highest BCUT2D eigenvalue weighted by Gasteiger charge is 2.00. The van der Waals surface area contributed by atoms with Crippen LogP contribution in [-0.4, -0.2) is 24.7 Å². The Morgan fingerprint density at radius 2 is 2.16 bits per heavy atom. The molecule has 2 aromatic rings. The zero-order valence-electron chi connectivity index (χ0n) is 11.4. The monoisotopic (exact) mass is 256 g/mol. The van der Waals surface area contributed by atoms with E-state index >= 15 is 0 Å². The molecule has 2 rings (SSSR count). The van der Waals surface area contributed by atoms with Crippen molar-refractivity contribution in [2.45, 2.75) is 13.5 Å².